The van der Waals surface area contributed by atoms with Crippen molar-refractivity contribution in [3.05, 3.63) is 11.4 Å². The van der Waals surface area contributed by atoms with Gasteiger partial charge in [0.15, 0.2) is 5.69 Å². The molecule has 1 aromatic heterocycles. The third-order valence-electron chi connectivity index (χ3n) is 2.54. The molecule has 1 atom stereocenters. The first-order valence-corrected chi connectivity index (χ1v) is 5.41. The number of carboxylic acids is 1. The summed E-state index contributed by atoms with van der Waals surface area (Å²) in [7, 11) is 0. The van der Waals surface area contributed by atoms with Crippen molar-refractivity contribution in [1.82, 2.24) is 10.2 Å². The average molecular weight is 255 g/mol. The molecule has 1 aliphatic heterocycles. The number of aromatic nitrogens is 2. The van der Waals surface area contributed by atoms with Gasteiger partial charge in [0.1, 0.15) is 6.10 Å². The number of ether oxygens (including phenoxy) is 2. The van der Waals surface area contributed by atoms with Crippen LogP contribution in [0, 0.1) is 6.92 Å². The Morgan fingerprint density at radius 2 is 2.39 bits per heavy atom. The van der Waals surface area contributed by atoms with Gasteiger partial charge in [-0.2, -0.15) is 5.10 Å². The molecule has 0 aliphatic carbocycles. The third-order valence-corrected chi connectivity index (χ3v) is 2.54. The zero-order valence-corrected chi connectivity index (χ0v) is 9.73. The summed E-state index contributed by atoms with van der Waals surface area (Å²) in [6, 6.07) is 0. The zero-order valence-electron chi connectivity index (χ0n) is 9.73. The highest BCUT2D eigenvalue weighted by Gasteiger charge is 2.23. The number of hydrogen-bond acceptors (Lipinski definition) is 5. The first-order chi connectivity index (χ1) is 8.58. The normalized spacial score (nSPS) is 18.6. The molecule has 8 nitrogen and oxygen atoms in total. The fourth-order valence-electron chi connectivity index (χ4n) is 1.63. The van der Waals surface area contributed by atoms with Gasteiger partial charge >= 0.3 is 12.1 Å². The van der Waals surface area contributed by atoms with E-state index >= 15 is 0 Å². The number of aryl methyl sites for hydroxylation is 1. The predicted molar refractivity (Wildman–Crippen MR) is 59.6 cm³/mol. The Hall–Kier alpha value is -2.09. The molecule has 1 unspecified atom stereocenters. The summed E-state index contributed by atoms with van der Waals surface area (Å²) in [5, 5.41) is 17.3. The number of carboxylic acid groups (broad SMARTS) is 1. The summed E-state index contributed by atoms with van der Waals surface area (Å²) in [4.78, 5) is 22.4. The maximum Gasteiger partial charge on any atom is 0.412 e. The second kappa shape index (κ2) is 5.05. The summed E-state index contributed by atoms with van der Waals surface area (Å²) in [5.41, 5.74) is 0.325. The van der Waals surface area contributed by atoms with Gasteiger partial charge < -0.3 is 14.6 Å². The lowest BCUT2D eigenvalue weighted by atomic mass is 10.3. The minimum absolute atomic E-state index is 0.117. The molecule has 3 N–H and O–H groups in total. The van der Waals surface area contributed by atoms with E-state index < -0.39 is 12.1 Å². The molecule has 0 saturated carbocycles. The van der Waals surface area contributed by atoms with E-state index in [9.17, 15) is 9.59 Å². The molecule has 0 radical (unpaired) electrons. The molecule has 1 fully saturated rings. The number of rotatable bonds is 3. The number of carbonyl (C=O) groups excluding carboxylic acids is 1. The van der Waals surface area contributed by atoms with Crippen LogP contribution in [0.2, 0.25) is 0 Å². The third kappa shape index (κ3) is 2.59. The molecule has 1 saturated heterocycles. The molecule has 0 spiro atoms. The molecule has 2 heterocycles. The Balaban J connectivity index is 2.01. The molecular formula is C10H13N3O5. The molecule has 2 rings (SSSR count). The highest BCUT2D eigenvalue weighted by molar-refractivity contribution is 5.97. The van der Waals surface area contributed by atoms with E-state index in [-0.39, 0.29) is 17.5 Å². The SMILES string of the molecule is Cc1[nH]nc(C(=O)O)c1NC(=O)OC1CCOC1. The minimum Gasteiger partial charge on any atom is -0.476 e. The molecular weight excluding hydrogens is 242 g/mol. The van der Waals surface area contributed by atoms with Crippen LogP contribution in [0.25, 0.3) is 0 Å². The van der Waals surface area contributed by atoms with Crippen molar-refractivity contribution in [2.45, 2.75) is 19.4 Å². The number of nitrogens with zero attached hydrogens (tertiary/aromatic N) is 1. The van der Waals surface area contributed by atoms with Gasteiger partial charge in [-0.1, -0.05) is 0 Å². The van der Waals surface area contributed by atoms with Crippen molar-refractivity contribution in [3.63, 3.8) is 0 Å². The lowest BCUT2D eigenvalue weighted by Gasteiger charge is -2.11. The Bertz CT molecular complexity index is 464. The van der Waals surface area contributed by atoms with Crippen LogP contribution in [0.1, 0.15) is 22.6 Å². The monoisotopic (exact) mass is 255 g/mol. The topological polar surface area (TPSA) is 114 Å². The van der Waals surface area contributed by atoms with Crippen LogP contribution in [0.3, 0.4) is 0 Å². The highest BCUT2D eigenvalue weighted by atomic mass is 16.6. The minimum atomic E-state index is -1.22. The van der Waals surface area contributed by atoms with Crippen LogP contribution < -0.4 is 5.32 Å². The Labute approximate surface area is 102 Å². The summed E-state index contributed by atoms with van der Waals surface area (Å²) < 4.78 is 10.1. The number of aromatic carboxylic acids is 1. The summed E-state index contributed by atoms with van der Waals surface area (Å²) in [6.07, 6.45) is -0.355. The van der Waals surface area contributed by atoms with Gasteiger partial charge in [-0.15, -0.1) is 0 Å². The maximum absolute atomic E-state index is 11.6. The number of anilines is 1. The van der Waals surface area contributed by atoms with Gasteiger partial charge in [0, 0.05) is 6.42 Å². The van der Waals surface area contributed by atoms with Crippen molar-refractivity contribution >= 4 is 17.7 Å². The summed E-state index contributed by atoms with van der Waals surface area (Å²) in [5.74, 6) is -1.22. The predicted octanol–water partition coefficient (Wildman–Crippen LogP) is 0.754. The molecule has 0 aromatic carbocycles. The summed E-state index contributed by atoms with van der Waals surface area (Å²) >= 11 is 0. The van der Waals surface area contributed by atoms with E-state index in [2.05, 4.69) is 15.5 Å². The van der Waals surface area contributed by atoms with Crippen LogP contribution in [0.4, 0.5) is 10.5 Å². The lowest BCUT2D eigenvalue weighted by molar-refractivity contribution is 0.0691. The van der Waals surface area contributed by atoms with Crippen molar-refractivity contribution in [2.75, 3.05) is 18.5 Å². The van der Waals surface area contributed by atoms with Gasteiger partial charge in [0.25, 0.3) is 0 Å². The highest BCUT2D eigenvalue weighted by Crippen LogP contribution is 2.18. The van der Waals surface area contributed by atoms with Gasteiger partial charge in [-0.25, -0.2) is 9.59 Å². The first kappa shape index (κ1) is 12.4. The van der Waals surface area contributed by atoms with Crippen LogP contribution in [0.5, 0.6) is 0 Å². The molecule has 8 heteroatoms. The molecule has 18 heavy (non-hydrogen) atoms. The summed E-state index contributed by atoms with van der Waals surface area (Å²) in [6.45, 7) is 2.53. The van der Waals surface area contributed by atoms with Gasteiger partial charge in [0.05, 0.1) is 24.6 Å². The maximum atomic E-state index is 11.6. The number of amides is 1. The standard InChI is InChI=1S/C10H13N3O5/c1-5-7(8(9(14)15)13-12-5)11-10(16)18-6-2-3-17-4-6/h6H,2-4H2,1H3,(H,11,16)(H,12,13)(H,14,15). The van der Waals surface area contributed by atoms with Crippen LogP contribution in [0.15, 0.2) is 0 Å². The van der Waals surface area contributed by atoms with Gasteiger partial charge in [-0.3, -0.25) is 10.4 Å². The van der Waals surface area contributed by atoms with Crippen LogP contribution in [-0.4, -0.2) is 46.7 Å². The first-order valence-electron chi connectivity index (χ1n) is 5.41. The van der Waals surface area contributed by atoms with Crippen LogP contribution >= 0.6 is 0 Å². The van der Waals surface area contributed by atoms with Crippen LogP contribution in [-0.2, 0) is 9.47 Å². The lowest BCUT2D eigenvalue weighted by Crippen LogP contribution is -2.23. The molecule has 1 amide bonds. The number of carbonyl (C=O) groups is 2. The van der Waals surface area contributed by atoms with E-state index in [0.29, 0.717) is 25.3 Å². The Morgan fingerprint density at radius 1 is 1.61 bits per heavy atom. The van der Waals surface area contributed by atoms with Crippen molar-refractivity contribution in [1.29, 1.82) is 0 Å². The largest absolute Gasteiger partial charge is 0.476 e. The van der Waals surface area contributed by atoms with Crippen molar-refractivity contribution in [2.24, 2.45) is 0 Å². The smallest absolute Gasteiger partial charge is 0.412 e. The molecule has 1 aromatic rings. The Morgan fingerprint density at radius 3 is 3.00 bits per heavy atom. The van der Waals surface area contributed by atoms with Gasteiger partial charge in [-0.05, 0) is 6.92 Å². The molecule has 1 aliphatic rings. The fraction of sp³-hybridized carbons (Fsp3) is 0.500. The number of nitrogens with one attached hydrogen (secondary N) is 2. The van der Waals surface area contributed by atoms with E-state index in [1.807, 2.05) is 0 Å². The second-order valence-corrected chi connectivity index (χ2v) is 3.89. The number of H-pyrrole nitrogens is 1. The van der Waals surface area contributed by atoms with E-state index in [1.54, 1.807) is 6.92 Å². The molecule has 0 bridgehead atoms. The average Bonchev–Trinajstić information content (AvgIpc) is 2.90. The van der Waals surface area contributed by atoms with Crippen molar-refractivity contribution in [3.8, 4) is 0 Å². The van der Waals surface area contributed by atoms with Gasteiger partial charge in [0.2, 0.25) is 0 Å². The number of hydrogen-bond donors (Lipinski definition) is 3. The zero-order chi connectivity index (χ0) is 13.1. The molecule has 98 valence electrons. The van der Waals surface area contributed by atoms with E-state index in [0.717, 1.165) is 0 Å². The van der Waals surface area contributed by atoms with Crippen molar-refractivity contribution < 1.29 is 24.2 Å². The Kier molecular flexibility index (Phi) is 3.47. The number of aromatic amines is 1. The van der Waals surface area contributed by atoms with E-state index in [1.165, 1.54) is 0 Å². The fourth-order valence-corrected chi connectivity index (χ4v) is 1.63. The second-order valence-electron chi connectivity index (χ2n) is 3.89. The van der Waals surface area contributed by atoms with E-state index in [4.69, 9.17) is 14.6 Å². The quantitative estimate of drug-likeness (QED) is 0.734.